The van der Waals surface area contributed by atoms with Crippen molar-refractivity contribution in [2.45, 2.75) is 26.3 Å². The largest absolute Gasteiger partial charge is 0.573 e. The summed E-state index contributed by atoms with van der Waals surface area (Å²) in [6.07, 6.45) is -4.90. The number of alkyl halides is 3. The van der Waals surface area contributed by atoms with Gasteiger partial charge in [0.05, 0.1) is 11.6 Å². The first-order valence-electron chi connectivity index (χ1n) is 8.82. The van der Waals surface area contributed by atoms with E-state index in [0.29, 0.717) is 5.56 Å². The summed E-state index contributed by atoms with van der Waals surface area (Å²) in [7, 11) is 0. The lowest BCUT2D eigenvalue weighted by molar-refractivity contribution is -0.274. The number of anilines is 1. The maximum atomic E-state index is 12.8. The van der Waals surface area contributed by atoms with Crippen LogP contribution in [-0.4, -0.2) is 23.2 Å². The summed E-state index contributed by atoms with van der Waals surface area (Å²) in [5.41, 5.74) is 0.512. The van der Waals surface area contributed by atoms with Crippen molar-refractivity contribution in [1.82, 2.24) is 0 Å². The van der Waals surface area contributed by atoms with Crippen LogP contribution in [0.1, 0.15) is 25.5 Å². The van der Waals surface area contributed by atoms with Crippen LogP contribution in [0.25, 0.3) is 0 Å². The summed E-state index contributed by atoms with van der Waals surface area (Å²) in [6, 6.07) is 12.4. The molecule has 0 saturated carbocycles. The second kappa shape index (κ2) is 7.62. The normalized spacial score (nSPS) is 17.2. The fourth-order valence-corrected chi connectivity index (χ4v) is 3.22. The maximum absolute atomic E-state index is 12.8. The average Bonchev–Trinajstić information content (AvgIpc) is 2.92. The van der Waals surface area contributed by atoms with Gasteiger partial charge in [-0.3, -0.25) is 14.5 Å². The topological polar surface area (TPSA) is 66.8 Å². The summed E-state index contributed by atoms with van der Waals surface area (Å²) >= 11 is 0. The van der Waals surface area contributed by atoms with Crippen LogP contribution in [0.5, 0.6) is 5.75 Å². The SMILES string of the molecule is CC(C)C(=O)C1=C(O)C(=O)N(c2cccc(OC(F)(F)F)c2)C1c1ccccc1. The number of hydrogen-bond acceptors (Lipinski definition) is 4. The molecule has 3 rings (SSSR count). The van der Waals surface area contributed by atoms with Gasteiger partial charge < -0.3 is 9.84 Å². The van der Waals surface area contributed by atoms with E-state index in [1.807, 2.05) is 0 Å². The van der Waals surface area contributed by atoms with Crippen LogP contribution in [0.2, 0.25) is 0 Å². The Bertz CT molecular complexity index is 967. The van der Waals surface area contributed by atoms with Crippen LogP contribution >= 0.6 is 0 Å². The Kier molecular flexibility index (Phi) is 5.37. The number of nitrogens with zero attached hydrogens (tertiary/aromatic N) is 1. The molecule has 0 fully saturated rings. The molecule has 8 heteroatoms. The van der Waals surface area contributed by atoms with Gasteiger partial charge in [0.15, 0.2) is 11.5 Å². The van der Waals surface area contributed by atoms with E-state index < -0.39 is 41.5 Å². The van der Waals surface area contributed by atoms with Crippen molar-refractivity contribution in [3.8, 4) is 5.75 Å². The number of amides is 1. The molecule has 1 atom stereocenters. The van der Waals surface area contributed by atoms with Gasteiger partial charge in [-0.15, -0.1) is 13.2 Å². The molecule has 0 spiro atoms. The Morgan fingerprint density at radius 2 is 1.76 bits per heavy atom. The number of carbonyl (C=O) groups excluding carboxylic acids is 2. The standard InChI is InChI=1S/C21H18F3NO4/c1-12(2)18(26)16-17(13-7-4-3-5-8-13)25(20(28)19(16)27)14-9-6-10-15(11-14)29-21(22,23)24/h3-12,17,27H,1-2H3. The molecule has 1 aliphatic heterocycles. The molecule has 0 bridgehead atoms. The Labute approximate surface area is 165 Å². The first kappa shape index (κ1) is 20.4. The summed E-state index contributed by atoms with van der Waals surface area (Å²) in [4.78, 5) is 26.7. The maximum Gasteiger partial charge on any atom is 0.573 e. The molecule has 152 valence electrons. The number of ether oxygens (including phenoxy) is 1. The van der Waals surface area contributed by atoms with Crippen molar-refractivity contribution in [1.29, 1.82) is 0 Å². The second-order valence-corrected chi connectivity index (χ2v) is 6.81. The number of aliphatic hydroxyl groups excluding tert-OH is 1. The lowest BCUT2D eigenvalue weighted by Crippen LogP contribution is -2.31. The van der Waals surface area contributed by atoms with E-state index in [0.717, 1.165) is 17.0 Å². The first-order valence-corrected chi connectivity index (χ1v) is 8.82. The monoisotopic (exact) mass is 405 g/mol. The number of benzene rings is 2. The third-order valence-electron chi connectivity index (χ3n) is 4.44. The minimum absolute atomic E-state index is 0.0590. The summed E-state index contributed by atoms with van der Waals surface area (Å²) in [5.74, 6) is -3.01. The van der Waals surface area contributed by atoms with E-state index >= 15 is 0 Å². The summed E-state index contributed by atoms with van der Waals surface area (Å²) in [5, 5.41) is 10.5. The van der Waals surface area contributed by atoms with Crippen molar-refractivity contribution in [3.05, 3.63) is 71.5 Å². The summed E-state index contributed by atoms with van der Waals surface area (Å²) in [6.45, 7) is 3.27. The van der Waals surface area contributed by atoms with Crippen molar-refractivity contribution >= 4 is 17.4 Å². The molecule has 1 amide bonds. The molecule has 2 aromatic rings. The quantitative estimate of drug-likeness (QED) is 0.782. The van der Waals surface area contributed by atoms with E-state index in [9.17, 15) is 27.9 Å². The van der Waals surface area contributed by atoms with Crippen molar-refractivity contribution in [2.75, 3.05) is 4.90 Å². The average molecular weight is 405 g/mol. The molecule has 5 nitrogen and oxygen atoms in total. The van der Waals surface area contributed by atoms with Crippen LogP contribution in [-0.2, 0) is 9.59 Å². The Hall–Kier alpha value is -3.29. The van der Waals surface area contributed by atoms with Crippen LogP contribution in [0.4, 0.5) is 18.9 Å². The van der Waals surface area contributed by atoms with Crippen molar-refractivity contribution in [3.63, 3.8) is 0 Å². The number of hydrogen-bond donors (Lipinski definition) is 1. The molecule has 29 heavy (non-hydrogen) atoms. The van der Waals surface area contributed by atoms with Gasteiger partial charge in [0, 0.05) is 17.7 Å². The highest BCUT2D eigenvalue weighted by Crippen LogP contribution is 2.42. The third-order valence-corrected chi connectivity index (χ3v) is 4.44. The number of carbonyl (C=O) groups is 2. The molecular formula is C21H18F3NO4. The van der Waals surface area contributed by atoms with E-state index in [4.69, 9.17) is 0 Å². The number of rotatable bonds is 5. The fraction of sp³-hybridized carbons (Fsp3) is 0.238. The molecule has 1 unspecified atom stereocenters. The highest BCUT2D eigenvalue weighted by molar-refractivity contribution is 6.16. The van der Waals surface area contributed by atoms with E-state index in [2.05, 4.69) is 4.74 Å². The van der Waals surface area contributed by atoms with Crippen molar-refractivity contribution < 1.29 is 32.6 Å². The number of halogens is 3. The number of aliphatic hydroxyl groups is 1. The van der Waals surface area contributed by atoms with Crippen LogP contribution in [0.3, 0.4) is 0 Å². The van der Waals surface area contributed by atoms with Gasteiger partial charge in [-0.25, -0.2) is 0 Å². The highest BCUT2D eigenvalue weighted by atomic mass is 19.4. The van der Waals surface area contributed by atoms with Gasteiger partial charge in [-0.05, 0) is 17.7 Å². The van der Waals surface area contributed by atoms with Gasteiger partial charge in [0.25, 0.3) is 5.91 Å². The molecular weight excluding hydrogens is 387 g/mol. The lowest BCUT2D eigenvalue weighted by Gasteiger charge is -2.27. The fourth-order valence-electron chi connectivity index (χ4n) is 3.22. The molecule has 1 aliphatic rings. The van der Waals surface area contributed by atoms with Crippen molar-refractivity contribution in [2.24, 2.45) is 5.92 Å². The van der Waals surface area contributed by atoms with Gasteiger partial charge in [0.1, 0.15) is 5.75 Å². The Morgan fingerprint density at radius 1 is 1.10 bits per heavy atom. The molecule has 0 aromatic heterocycles. The Balaban J connectivity index is 2.12. The van der Waals surface area contributed by atoms with E-state index in [1.54, 1.807) is 44.2 Å². The predicted octanol–water partition coefficient (Wildman–Crippen LogP) is 4.71. The zero-order chi connectivity index (χ0) is 21.3. The molecule has 2 aromatic carbocycles. The minimum atomic E-state index is -4.90. The van der Waals surface area contributed by atoms with Gasteiger partial charge in [-0.2, -0.15) is 0 Å². The van der Waals surface area contributed by atoms with Crippen LogP contribution in [0, 0.1) is 5.92 Å². The lowest BCUT2D eigenvalue weighted by atomic mass is 9.91. The number of ketones is 1. The molecule has 0 aliphatic carbocycles. The highest BCUT2D eigenvalue weighted by Gasteiger charge is 2.45. The van der Waals surface area contributed by atoms with Gasteiger partial charge in [0.2, 0.25) is 0 Å². The smallest absolute Gasteiger partial charge is 0.503 e. The minimum Gasteiger partial charge on any atom is -0.503 e. The Morgan fingerprint density at radius 3 is 2.34 bits per heavy atom. The van der Waals surface area contributed by atoms with E-state index in [1.165, 1.54) is 12.1 Å². The predicted molar refractivity (Wildman–Crippen MR) is 99.3 cm³/mol. The second-order valence-electron chi connectivity index (χ2n) is 6.81. The number of Topliss-reactive ketones (excluding diaryl/α,β-unsaturated/α-hetero) is 1. The summed E-state index contributed by atoms with van der Waals surface area (Å²) < 4.78 is 41.7. The molecule has 0 saturated heterocycles. The van der Waals surface area contributed by atoms with Crippen LogP contribution in [0.15, 0.2) is 65.9 Å². The molecule has 1 heterocycles. The van der Waals surface area contributed by atoms with Gasteiger partial charge in [-0.1, -0.05) is 50.2 Å². The molecule has 0 radical (unpaired) electrons. The van der Waals surface area contributed by atoms with E-state index in [-0.39, 0.29) is 11.3 Å². The van der Waals surface area contributed by atoms with Gasteiger partial charge >= 0.3 is 6.36 Å². The van der Waals surface area contributed by atoms with Crippen LogP contribution < -0.4 is 9.64 Å². The zero-order valence-corrected chi connectivity index (χ0v) is 15.6. The molecule has 1 N–H and O–H groups in total. The first-order chi connectivity index (χ1) is 13.6. The zero-order valence-electron chi connectivity index (χ0n) is 15.6. The third kappa shape index (κ3) is 4.11.